The Labute approximate surface area is 179 Å². The number of hydrogen-bond donors (Lipinski definition) is 0. The number of allylic oxidation sites excluding steroid dienone is 1. The molecule has 0 bridgehead atoms. The number of rotatable bonds is 9. The molecule has 2 nitrogen and oxygen atoms in total. The van der Waals surface area contributed by atoms with Gasteiger partial charge in [0.2, 0.25) is 0 Å². The van der Waals surface area contributed by atoms with Gasteiger partial charge in [-0.1, -0.05) is 79.7 Å². The van der Waals surface area contributed by atoms with Crippen molar-refractivity contribution in [1.29, 1.82) is 0 Å². The third-order valence-corrected chi connectivity index (χ3v) is 5.09. The quantitative estimate of drug-likeness (QED) is 0.395. The average molecular weight is 404 g/mol. The molecular formula is C27H30FNO. The van der Waals surface area contributed by atoms with Gasteiger partial charge < -0.3 is 9.64 Å². The van der Waals surface area contributed by atoms with Gasteiger partial charge in [0.15, 0.2) is 0 Å². The molecule has 30 heavy (non-hydrogen) atoms. The highest BCUT2D eigenvalue weighted by Gasteiger charge is 2.19. The van der Waals surface area contributed by atoms with Crippen molar-refractivity contribution in [3.05, 3.63) is 102 Å². The van der Waals surface area contributed by atoms with Crippen LogP contribution in [0.2, 0.25) is 0 Å². The standard InChI is InChI=1S/C27H30FNO/c1-21(20-28)26(22-10-6-4-7-11-22)27(23-12-8-5-9-13-23)24-14-16-25(17-15-24)30-19-18-29(2)3/h4-17,21H,18-20H2,1-3H3/b27-26-. The molecule has 3 aromatic carbocycles. The molecule has 3 heteroatoms. The first-order valence-electron chi connectivity index (χ1n) is 10.4. The summed E-state index contributed by atoms with van der Waals surface area (Å²) >= 11 is 0. The van der Waals surface area contributed by atoms with Crippen molar-refractivity contribution >= 4 is 11.1 Å². The smallest absolute Gasteiger partial charge is 0.119 e. The van der Waals surface area contributed by atoms with E-state index in [1.54, 1.807) is 0 Å². The molecular weight excluding hydrogens is 373 g/mol. The van der Waals surface area contributed by atoms with Crippen LogP contribution in [0.1, 0.15) is 23.6 Å². The van der Waals surface area contributed by atoms with Crippen molar-refractivity contribution in [1.82, 2.24) is 4.90 Å². The number of halogens is 1. The van der Waals surface area contributed by atoms with E-state index in [0.717, 1.165) is 40.1 Å². The average Bonchev–Trinajstić information content (AvgIpc) is 2.78. The monoisotopic (exact) mass is 403 g/mol. The zero-order chi connectivity index (χ0) is 21.3. The van der Waals surface area contributed by atoms with Gasteiger partial charge in [-0.15, -0.1) is 0 Å². The first-order valence-corrected chi connectivity index (χ1v) is 10.4. The second-order valence-corrected chi connectivity index (χ2v) is 7.75. The molecule has 1 atom stereocenters. The first kappa shape index (κ1) is 21.8. The van der Waals surface area contributed by atoms with E-state index in [1.165, 1.54) is 0 Å². The Morgan fingerprint density at radius 2 is 1.33 bits per heavy atom. The van der Waals surface area contributed by atoms with Crippen LogP contribution in [0.25, 0.3) is 11.1 Å². The number of alkyl halides is 1. The number of nitrogens with zero attached hydrogens (tertiary/aromatic N) is 1. The summed E-state index contributed by atoms with van der Waals surface area (Å²) in [6, 6.07) is 28.5. The van der Waals surface area contributed by atoms with Gasteiger partial charge in [0.1, 0.15) is 12.4 Å². The Balaban J connectivity index is 2.08. The zero-order valence-corrected chi connectivity index (χ0v) is 18.0. The Morgan fingerprint density at radius 3 is 1.87 bits per heavy atom. The summed E-state index contributed by atoms with van der Waals surface area (Å²) in [5.74, 6) is 0.617. The maximum absolute atomic E-state index is 13.9. The van der Waals surface area contributed by atoms with Crippen LogP contribution in [-0.2, 0) is 0 Å². The summed E-state index contributed by atoms with van der Waals surface area (Å²) in [7, 11) is 4.06. The molecule has 0 heterocycles. The molecule has 0 saturated carbocycles. The van der Waals surface area contributed by atoms with Crippen LogP contribution < -0.4 is 4.74 Å². The highest BCUT2D eigenvalue weighted by molar-refractivity contribution is 5.99. The third-order valence-electron chi connectivity index (χ3n) is 5.09. The fourth-order valence-electron chi connectivity index (χ4n) is 3.52. The van der Waals surface area contributed by atoms with Gasteiger partial charge in [-0.2, -0.15) is 0 Å². The molecule has 0 saturated heterocycles. The molecule has 156 valence electrons. The van der Waals surface area contributed by atoms with Crippen LogP contribution >= 0.6 is 0 Å². The molecule has 3 rings (SSSR count). The van der Waals surface area contributed by atoms with Crippen LogP contribution in [0, 0.1) is 5.92 Å². The number of hydrogen-bond acceptors (Lipinski definition) is 2. The van der Waals surface area contributed by atoms with Crippen LogP contribution in [0.3, 0.4) is 0 Å². The lowest BCUT2D eigenvalue weighted by molar-refractivity contribution is 0.261. The SMILES string of the molecule is CC(CF)/C(=C(\c1ccccc1)c1ccc(OCCN(C)C)cc1)c1ccccc1. The van der Waals surface area contributed by atoms with Gasteiger partial charge in [0, 0.05) is 12.5 Å². The lowest BCUT2D eigenvalue weighted by Gasteiger charge is -2.21. The molecule has 3 aromatic rings. The van der Waals surface area contributed by atoms with Crippen molar-refractivity contribution < 1.29 is 9.13 Å². The second kappa shape index (κ2) is 10.7. The summed E-state index contributed by atoms with van der Waals surface area (Å²) in [5.41, 5.74) is 5.27. The minimum Gasteiger partial charge on any atom is -0.492 e. The predicted molar refractivity (Wildman–Crippen MR) is 124 cm³/mol. The normalized spacial score (nSPS) is 13.1. The van der Waals surface area contributed by atoms with Gasteiger partial charge in [-0.25, -0.2) is 0 Å². The lowest BCUT2D eigenvalue weighted by Crippen LogP contribution is -2.19. The van der Waals surface area contributed by atoms with Gasteiger partial charge in [0.25, 0.3) is 0 Å². The van der Waals surface area contributed by atoms with E-state index in [2.05, 4.69) is 41.3 Å². The molecule has 0 fully saturated rings. The maximum atomic E-state index is 13.9. The lowest BCUT2D eigenvalue weighted by atomic mass is 9.84. The summed E-state index contributed by atoms with van der Waals surface area (Å²) < 4.78 is 19.8. The van der Waals surface area contributed by atoms with Crippen molar-refractivity contribution in [2.45, 2.75) is 6.92 Å². The van der Waals surface area contributed by atoms with Crippen molar-refractivity contribution in [3.8, 4) is 5.75 Å². The first-order chi connectivity index (χ1) is 14.6. The molecule has 0 radical (unpaired) electrons. The van der Waals surface area contributed by atoms with Crippen LogP contribution in [0.5, 0.6) is 5.75 Å². The largest absolute Gasteiger partial charge is 0.492 e. The Morgan fingerprint density at radius 1 is 0.800 bits per heavy atom. The van der Waals surface area contributed by atoms with Gasteiger partial charge in [0.05, 0.1) is 6.67 Å². The molecule has 0 aliphatic rings. The Hall–Kier alpha value is -2.91. The molecule has 0 aliphatic carbocycles. The third kappa shape index (κ3) is 5.58. The van der Waals surface area contributed by atoms with E-state index in [9.17, 15) is 4.39 Å². The fourth-order valence-corrected chi connectivity index (χ4v) is 3.52. The number of likely N-dealkylation sites (N-methyl/N-ethyl adjacent to an activating group) is 1. The van der Waals surface area contributed by atoms with Crippen LogP contribution in [0.4, 0.5) is 4.39 Å². The predicted octanol–water partition coefficient (Wildman–Crippen LogP) is 6.19. The van der Waals surface area contributed by atoms with Gasteiger partial charge in [-0.05, 0) is 54.1 Å². The zero-order valence-electron chi connectivity index (χ0n) is 18.0. The topological polar surface area (TPSA) is 12.5 Å². The molecule has 0 aromatic heterocycles. The van der Waals surface area contributed by atoms with E-state index in [1.807, 2.05) is 69.6 Å². The van der Waals surface area contributed by atoms with E-state index in [-0.39, 0.29) is 5.92 Å². The molecule has 0 spiro atoms. The van der Waals surface area contributed by atoms with E-state index < -0.39 is 6.67 Å². The number of ether oxygens (including phenoxy) is 1. The van der Waals surface area contributed by atoms with Crippen LogP contribution in [0.15, 0.2) is 84.9 Å². The Kier molecular flexibility index (Phi) is 7.81. The Bertz CT molecular complexity index is 934. The van der Waals surface area contributed by atoms with Crippen molar-refractivity contribution in [2.24, 2.45) is 5.92 Å². The van der Waals surface area contributed by atoms with Gasteiger partial charge in [-0.3, -0.25) is 4.39 Å². The second-order valence-electron chi connectivity index (χ2n) is 7.75. The summed E-state index contributed by atoms with van der Waals surface area (Å²) in [6.07, 6.45) is 0. The van der Waals surface area contributed by atoms with E-state index >= 15 is 0 Å². The van der Waals surface area contributed by atoms with Crippen LogP contribution in [-0.4, -0.2) is 38.8 Å². The molecule has 0 amide bonds. The highest BCUT2D eigenvalue weighted by atomic mass is 19.1. The van der Waals surface area contributed by atoms with E-state index in [0.29, 0.717) is 6.61 Å². The van der Waals surface area contributed by atoms with Crippen molar-refractivity contribution in [3.63, 3.8) is 0 Å². The fraction of sp³-hybridized carbons (Fsp3) is 0.259. The minimum atomic E-state index is -0.410. The van der Waals surface area contributed by atoms with E-state index in [4.69, 9.17) is 4.74 Å². The minimum absolute atomic E-state index is 0.223. The van der Waals surface area contributed by atoms with Gasteiger partial charge >= 0.3 is 0 Å². The molecule has 0 aliphatic heterocycles. The van der Waals surface area contributed by atoms with Crippen molar-refractivity contribution in [2.75, 3.05) is 33.9 Å². The summed E-state index contributed by atoms with van der Waals surface area (Å²) in [4.78, 5) is 2.09. The molecule has 0 N–H and O–H groups in total. The highest BCUT2D eigenvalue weighted by Crippen LogP contribution is 2.37. The number of benzene rings is 3. The summed E-state index contributed by atoms with van der Waals surface area (Å²) in [5, 5.41) is 0. The molecule has 1 unspecified atom stereocenters. The maximum Gasteiger partial charge on any atom is 0.119 e. The summed E-state index contributed by atoms with van der Waals surface area (Å²) in [6.45, 7) is 3.04.